The number of hydrogen-bond acceptors (Lipinski definition) is 4. The van der Waals surface area contributed by atoms with Gasteiger partial charge in [0.05, 0.1) is 18.0 Å². The minimum atomic E-state index is -0.496. The van der Waals surface area contributed by atoms with Gasteiger partial charge in [0.15, 0.2) is 5.76 Å². The van der Waals surface area contributed by atoms with E-state index in [1.807, 2.05) is 0 Å². The van der Waals surface area contributed by atoms with Gasteiger partial charge in [0, 0.05) is 31.7 Å². The third kappa shape index (κ3) is 4.10. The predicted molar refractivity (Wildman–Crippen MR) is 98.7 cm³/mol. The maximum absolute atomic E-state index is 13.9. The van der Waals surface area contributed by atoms with Crippen LogP contribution in [0.4, 0.5) is 8.78 Å². The molecule has 1 N–H and O–H groups in total. The molecule has 2 aromatic rings. The summed E-state index contributed by atoms with van der Waals surface area (Å²) in [6.07, 6.45) is 4.93. The van der Waals surface area contributed by atoms with Crippen molar-refractivity contribution in [3.05, 3.63) is 59.6 Å². The molecular weight excluding hydrogens is 366 g/mol. The van der Waals surface area contributed by atoms with E-state index >= 15 is 0 Å². The Kier molecular flexibility index (Phi) is 5.46. The molecule has 1 aromatic carbocycles. The lowest BCUT2D eigenvalue weighted by atomic mass is 9.88. The summed E-state index contributed by atoms with van der Waals surface area (Å²) in [5.74, 6) is -0.938. The number of likely N-dealkylation sites (tertiary alicyclic amines) is 1. The molecule has 28 heavy (non-hydrogen) atoms. The van der Waals surface area contributed by atoms with Crippen molar-refractivity contribution in [1.29, 1.82) is 0 Å². The highest BCUT2D eigenvalue weighted by molar-refractivity contribution is 5.91. The van der Waals surface area contributed by atoms with Crippen LogP contribution in [-0.2, 0) is 11.3 Å². The number of benzene rings is 1. The predicted octanol–water partition coefficient (Wildman–Crippen LogP) is 3.50. The normalized spacial score (nSPS) is 21.9. The first-order chi connectivity index (χ1) is 13.5. The number of ether oxygens (including phenoxy) is 1. The van der Waals surface area contributed by atoms with Gasteiger partial charge < -0.3 is 14.5 Å². The molecule has 5 nitrogen and oxygen atoms in total. The highest BCUT2D eigenvalue weighted by atomic mass is 19.1. The molecule has 2 saturated heterocycles. The standard InChI is InChI=1S/C21H24F2N2O3/c22-17-3-1-4-18(23)16(17)14-25-10-8-21(9-11-25)7-6-15(28-21)13-24-20(26)19-5-2-12-27-19/h1-5,12,15H,6-11,13-14H2,(H,24,26). The molecule has 1 unspecified atom stereocenters. The number of rotatable bonds is 5. The SMILES string of the molecule is O=C(NCC1CCC2(CCN(Cc3c(F)cccc3F)CC2)O1)c1ccco1. The van der Waals surface area contributed by atoms with E-state index in [0.717, 1.165) is 38.8 Å². The third-order valence-corrected chi connectivity index (χ3v) is 5.78. The van der Waals surface area contributed by atoms with E-state index in [-0.39, 0.29) is 29.7 Å². The van der Waals surface area contributed by atoms with Crippen molar-refractivity contribution >= 4 is 5.91 Å². The Balaban J connectivity index is 1.26. The molecule has 0 aliphatic carbocycles. The monoisotopic (exact) mass is 390 g/mol. The molecule has 1 atom stereocenters. The second kappa shape index (κ2) is 8.01. The number of nitrogens with zero attached hydrogens (tertiary/aromatic N) is 1. The summed E-state index contributed by atoms with van der Waals surface area (Å²) in [7, 11) is 0. The Labute approximate surface area is 162 Å². The molecule has 150 valence electrons. The molecule has 4 rings (SSSR count). The second-order valence-corrected chi connectivity index (χ2v) is 7.63. The topological polar surface area (TPSA) is 54.7 Å². The van der Waals surface area contributed by atoms with Crippen molar-refractivity contribution in [3.63, 3.8) is 0 Å². The molecule has 2 fully saturated rings. The van der Waals surface area contributed by atoms with E-state index in [9.17, 15) is 13.6 Å². The zero-order chi connectivity index (χ0) is 19.6. The quantitative estimate of drug-likeness (QED) is 0.849. The van der Waals surface area contributed by atoms with Crippen LogP contribution in [0.2, 0.25) is 0 Å². The van der Waals surface area contributed by atoms with E-state index in [1.54, 1.807) is 12.1 Å². The van der Waals surface area contributed by atoms with Gasteiger partial charge in [0.2, 0.25) is 0 Å². The second-order valence-electron chi connectivity index (χ2n) is 7.63. The lowest BCUT2D eigenvalue weighted by Gasteiger charge is -2.39. The minimum Gasteiger partial charge on any atom is -0.459 e. The summed E-state index contributed by atoms with van der Waals surface area (Å²) in [6, 6.07) is 7.28. The number of halogens is 2. The Morgan fingerprint density at radius 3 is 2.57 bits per heavy atom. The van der Waals surface area contributed by atoms with Crippen LogP contribution >= 0.6 is 0 Å². The molecule has 0 bridgehead atoms. The lowest BCUT2D eigenvalue weighted by molar-refractivity contribution is -0.0766. The smallest absolute Gasteiger partial charge is 0.287 e. The van der Waals surface area contributed by atoms with Crippen molar-refractivity contribution in [1.82, 2.24) is 10.2 Å². The fraction of sp³-hybridized carbons (Fsp3) is 0.476. The van der Waals surface area contributed by atoms with Gasteiger partial charge in [-0.15, -0.1) is 0 Å². The van der Waals surface area contributed by atoms with Crippen LogP contribution in [0.1, 0.15) is 41.8 Å². The van der Waals surface area contributed by atoms with E-state index in [1.165, 1.54) is 24.5 Å². The molecule has 1 spiro atoms. The molecule has 1 aromatic heterocycles. The fourth-order valence-corrected chi connectivity index (χ4v) is 4.13. The van der Waals surface area contributed by atoms with Crippen LogP contribution in [0.15, 0.2) is 41.0 Å². The first-order valence-electron chi connectivity index (χ1n) is 9.69. The zero-order valence-electron chi connectivity index (χ0n) is 15.6. The maximum Gasteiger partial charge on any atom is 0.287 e. The molecular formula is C21H24F2N2O3. The van der Waals surface area contributed by atoms with Gasteiger partial charge in [-0.2, -0.15) is 0 Å². The fourth-order valence-electron chi connectivity index (χ4n) is 4.13. The zero-order valence-corrected chi connectivity index (χ0v) is 15.6. The number of hydrogen-bond donors (Lipinski definition) is 1. The molecule has 7 heteroatoms. The van der Waals surface area contributed by atoms with Crippen molar-refractivity contribution in [2.75, 3.05) is 19.6 Å². The van der Waals surface area contributed by atoms with Crippen LogP contribution in [0.25, 0.3) is 0 Å². The Morgan fingerprint density at radius 2 is 1.89 bits per heavy atom. The minimum absolute atomic E-state index is 0.0190. The van der Waals surface area contributed by atoms with Crippen LogP contribution in [0.5, 0.6) is 0 Å². The van der Waals surface area contributed by atoms with Crippen LogP contribution in [0, 0.1) is 11.6 Å². The van der Waals surface area contributed by atoms with E-state index in [2.05, 4.69) is 10.2 Å². The first-order valence-corrected chi connectivity index (χ1v) is 9.69. The third-order valence-electron chi connectivity index (χ3n) is 5.78. The average Bonchev–Trinajstić information content (AvgIpc) is 3.35. The van der Waals surface area contributed by atoms with Gasteiger partial charge in [-0.3, -0.25) is 9.69 Å². The number of amides is 1. The summed E-state index contributed by atoms with van der Waals surface area (Å²) in [4.78, 5) is 14.0. The lowest BCUT2D eigenvalue weighted by Crippen LogP contribution is -2.45. The van der Waals surface area contributed by atoms with Gasteiger partial charge in [0.1, 0.15) is 11.6 Å². The molecule has 0 saturated carbocycles. The highest BCUT2D eigenvalue weighted by Gasteiger charge is 2.42. The van der Waals surface area contributed by atoms with Crippen molar-refractivity contribution in [2.24, 2.45) is 0 Å². The van der Waals surface area contributed by atoms with Gasteiger partial charge >= 0.3 is 0 Å². The van der Waals surface area contributed by atoms with Gasteiger partial charge in [0.25, 0.3) is 5.91 Å². The Morgan fingerprint density at radius 1 is 1.14 bits per heavy atom. The molecule has 0 radical (unpaired) electrons. The number of carbonyl (C=O) groups is 1. The van der Waals surface area contributed by atoms with Crippen LogP contribution < -0.4 is 5.32 Å². The van der Waals surface area contributed by atoms with E-state index in [4.69, 9.17) is 9.15 Å². The van der Waals surface area contributed by atoms with Crippen molar-refractivity contribution in [2.45, 2.75) is 43.9 Å². The maximum atomic E-state index is 13.9. The molecule has 2 aliphatic heterocycles. The molecule has 3 heterocycles. The summed E-state index contributed by atoms with van der Waals surface area (Å²) in [5, 5.41) is 2.85. The van der Waals surface area contributed by atoms with Gasteiger partial charge in [-0.1, -0.05) is 6.07 Å². The summed E-state index contributed by atoms with van der Waals surface area (Å²) in [6.45, 7) is 2.20. The van der Waals surface area contributed by atoms with Crippen LogP contribution in [-0.4, -0.2) is 42.1 Å². The van der Waals surface area contributed by atoms with Crippen molar-refractivity contribution in [3.8, 4) is 0 Å². The van der Waals surface area contributed by atoms with Gasteiger partial charge in [-0.05, 0) is 49.9 Å². The number of piperidine rings is 1. The summed E-state index contributed by atoms with van der Waals surface area (Å²) < 4.78 is 39.1. The Bertz CT molecular complexity index is 797. The van der Waals surface area contributed by atoms with Crippen LogP contribution in [0.3, 0.4) is 0 Å². The number of carbonyl (C=O) groups excluding carboxylic acids is 1. The van der Waals surface area contributed by atoms with Crippen molar-refractivity contribution < 1.29 is 22.7 Å². The van der Waals surface area contributed by atoms with Gasteiger partial charge in [-0.25, -0.2) is 8.78 Å². The highest BCUT2D eigenvalue weighted by Crippen LogP contribution is 2.39. The number of furan rings is 1. The summed E-state index contributed by atoms with van der Waals surface area (Å²) >= 11 is 0. The molecule has 1 amide bonds. The number of nitrogens with one attached hydrogen (secondary N) is 1. The largest absolute Gasteiger partial charge is 0.459 e. The Hall–Kier alpha value is -2.25. The molecule has 2 aliphatic rings. The first kappa shape index (κ1) is 19.1. The average molecular weight is 390 g/mol. The van der Waals surface area contributed by atoms with E-state index < -0.39 is 11.6 Å². The summed E-state index contributed by atoms with van der Waals surface area (Å²) in [5.41, 5.74) is -0.0611. The van der Waals surface area contributed by atoms with E-state index in [0.29, 0.717) is 12.3 Å².